The zero-order valence-electron chi connectivity index (χ0n) is 15.9. The predicted octanol–water partition coefficient (Wildman–Crippen LogP) is 1.94. The molecule has 2 aromatic carbocycles. The molecule has 0 radical (unpaired) electrons. The van der Waals surface area contributed by atoms with Crippen LogP contribution in [0.3, 0.4) is 0 Å². The van der Waals surface area contributed by atoms with Crippen LogP contribution in [0.2, 0.25) is 0 Å². The van der Waals surface area contributed by atoms with E-state index in [0.29, 0.717) is 13.0 Å². The highest BCUT2D eigenvalue weighted by molar-refractivity contribution is 7.82. The number of aliphatic hydroxyl groups is 2. The van der Waals surface area contributed by atoms with E-state index in [1.807, 2.05) is 6.07 Å². The molecular formula is C20H19F2N3O4S. The second-order valence-corrected chi connectivity index (χ2v) is 8.13. The SMILES string of the molecule is CC(O)C1(O)CCN(S(=O)c2ccc(F)cc2C#N)C1.N#Cc1ccc(O)cc1F. The number of hydrogen-bond acceptors (Lipinski definition) is 6. The van der Waals surface area contributed by atoms with E-state index in [9.17, 15) is 23.2 Å². The van der Waals surface area contributed by atoms with E-state index in [-0.39, 0.29) is 28.3 Å². The molecule has 1 fully saturated rings. The molecule has 1 saturated heterocycles. The lowest BCUT2D eigenvalue weighted by Crippen LogP contribution is -2.43. The van der Waals surface area contributed by atoms with Crippen molar-refractivity contribution in [1.82, 2.24) is 4.31 Å². The molecule has 0 aromatic heterocycles. The zero-order chi connectivity index (χ0) is 22.5. The van der Waals surface area contributed by atoms with Gasteiger partial charge in [0.25, 0.3) is 0 Å². The lowest BCUT2D eigenvalue weighted by atomic mass is 9.97. The summed E-state index contributed by atoms with van der Waals surface area (Å²) >= 11 is 0. The van der Waals surface area contributed by atoms with Gasteiger partial charge in [0.2, 0.25) is 0 Å². The number of nitriles is 2. The summed E-state index contributed by atoms with van der Waals surface area (Å²) in [4.78, 5) is 0.212. The van der Waals surface area contributed by atoms with Gasteiger partial charge in [0.05, 0.1) is 22.1 Å². The Kier molecular flexibility index (Phi) is 7.59. The fourth-order valence-electron chi connectivity index (χ4n) is 2.74. The van der Waals surface area contributed by atoms with Gasteiger partial charge < -0.3 is 15.3 Å². The topological polar surface area (TPSA) is 129 Å². The molecule has 3 atom stereocenters. The van der Waals surface area contributed by atoms with Gasteiger partial charge in [-0.3, -0.25) is 0 Å². The number of nitrogens with zero attached hydrogens (tertiary/aromatic N) is 3. The molecular weight excluding hydrogens is 416 g/mol. The molecule has 0 aliphatic carbocycles. The number of phenols is 1. The van der Waals surface area contributed by atoms with E-state index in [4.69, 9.17) is 15.6 Å². The monoisotopic (exact) mass is 435 g/mol. The maximum absolute atomic E-state index is 13.1. The molecule has 30 heavy (non-hydrogen) atoms. The van der Waals surface area contributed by atoms with Crippen molar-refractivity contribution in [3.05, 3.63) is 59.2 Å². The van der Waals surface area contributed by atoms with Crippen LogP contribution in [0.4, 0.5) is 8.78 Å². The van der Waals surface area contributed by atoms with Crippen molar-refractivity contribution < 1.29 is 28.3 Å². The van der Waals surface area contributed by atoms with E-state index in [1.54, 1.807) is 6.07 Å². The van der Waals surface area contributed by atoms with Gasteiger partial charge in [0, 0.05) is 19.2 Å². The molecule has 1 aliphatic heterocycles. The van der Waals surface area contributed by atoms with Crippen molar-refractivity contribution in [2.75, 3.05) is 13.1 Å². The zero-order valence-corrected chi connectivity index (χ0v) is 16.7. The average Bonchev–Trinajstić information content (AvgIpc) is 3.12. The second kappa shape index (κ2) is 9.74. The molecule has 0 bridgehead atoms. The maximum Gasteiger partial charge on any atom is 0.144 e. The van der Waals surface area contributed by atoms with Crippen LogP contribution < -0.4 is 0 Å². The molecule has 1 aliphatic rings. The highest BCUT2D eigenvalue weighted by Crippen LogP contribution is 2.28. The lowest BCUT2D eigenvalue weighted by molar-refractivity contribution is -0.0534. The minimum Gasteiger partial charge on any atom is -0.508 e. The molecule has 158 valence electrons. The number of hydrogen-bond donors (Lipinski definition) is 3. The van der Waals surface area contributed by atoms with Gasteiger partial charge in [0.15, 0.2) is 0 Å². The molecule has 10 heteroatoms. The number of halogens is 2. The number of benzene rings is 2. The first-order valence-corrected chi connectivity index (χ1v) is 9.87. The Hall–Kier alpha value is -2.89. The summed E-state index contributed by atoms with van der Waals surface area (Å²) in [5.41, 5.74) is -1.35. The molecule has 0 spiro atoms. The van der Waals surface area contributed by atoms with Crippen LogP contribution in [0.1, 0.15) is 24.5 Å². The van der Waals surface area contributed by atoms with Crippen molar-refractivity contribution in [3.63, 3.8) is 0 Å². The van der Waals surface area contributed by atoms with Crippen molar-refractivity contribution in [2.45, 2.75) is 29.9 Å². The van der Waals surface area contributed by atoms with Crippen molar-refractivity contribution in [3.8, 4) is 17.9 Å². The third-order valence-corrected chi connectivity index (χ3v) is 6.09. The van der Waals surface area contributed by atoms with Crippen LogP contribution in [0, 0.1) is 34.3 Å². The van der Waals surface area contributed by atoms with Crippen LogP contribution >= 0.6 is 0 Å². The Morgan fingerprint density at radius 3 is 2.37 bits per heavy atom. The van der Waals surface area contributed by atoms with Crippen LogP contribution in [-0.2, 0) is 11.0 Å². The van der Waals surface area contributed by atoms with Gasteiger partial charge in [-0.1, -0.05) is 0 Å². The summed E-state index contributed by atoms with van der Waals surface area (Å²) in [6, 6.07) is 10.3. The third-order valence-electron chi connectivity index (χ3n) is 4.58. The van der Waals surface area contributed by atoms with Crippen molar-refractivity contribution in [2.24, 2.45) is 0 Å². The summed E-state index contributed by atoms with van der Waals surface area (Å²) in [7, 11) is -1.67. The first-order chi connectivity index (χ1) is 14.1. The molecule has 3 unspecified atom stereocenters. The Bertz CT molecular complexity index is 1040. The normalized spacial score (nSPS) is 20.4. The predicted molar refractivity (Wildman–Crippen MR) is 103 cm³/mol. The lowest BCUT2D eigenvalue weighted by Gasteiger charge is -2.25. The van der Waals surface area contributed by atoms with Crippen molar-refractivity contribution in [1.29, 1.82) is 10.5 Å². The van der Waals surface area contributed by atoms with Gasteiger partial charge >= 0.3 is 0 Å². The molecule has 0 amide bonds. The molecule has 7 nitrogen and oxygen atoms in total. The second-order valence-electron chi connectivity index (χ2n) is 6.67. The van der Waals surface area contributed by atoms with E-state index in [2.05, 4.69) is 0 Å². The number of aromatic hydroxyl groups is 1. The maximum atomic E-state index is 13.1. The number of aliphatic hydroxyl groups excluding tert-OH is 1. The highest BCUT2D eigenvalue weighted by Gasteiger charge is 2.42. The van der Waals surface area contributed by atoms with E-state index < -0.39 is 34.3 Å². The number of phenolic OH excluding ortho intramolecular Hbond substituents is 1. The molecule has 1 heterocycles. The molecule has 3 rings (SSSR count). The van der Waals surface area contributed by atoms with Gasteiger partial charge in [-0.2, -0.15) is 10.5 Å². The summed E-state index contributed by atoms with van der Waals surface area (Å²) in [6.45, 7) is 1.85. The summed E-state index contributed by atoms with van der Waals surface area (Å²) < 4.78 is 39.4. The number of rotatable bonds is 3. The smallest absolute Gasteiger partial charge is 0.144 e. The van der Waals surface area contributed by atoms with Crippen LogP contribution in [0.5, 0.6) is 5.75 Å². The van der Waals surface area contributed by atoms with Crippen LogP contribution in [-0.4, -0.2) is 48.6 Å². The third kappa shape index (κ3) is 5.38. The summed E-state index contributed by atoms with van der Waals surface area (Å²) in [5, 5.41) is 45.6. The first-order valence-electron chi connectivity index (χ1n) is 8.77. The standard InChI is InChI=1S/C13H15FN2O3S.C7H4FNO/c1-9(17)13(18)4-5-16(8-13)20(19)12-3-2-11(14)6-10(12)7-15;8-7-3-6(10)2-1-5(7)4-9/h2-3,6,9,17-18H,4-5,8H2,1H3;1-3,10H. The van der Waals surface area contributed by atoms with Gasteiger partial charge in [0.1, 0.15) is 46.1 Å². The Balaban J connectivity index is 0.000000269. The molecule has 0 saturated carbocycles. The average molecular weight is 435 g/mol. The highest BCUT2D eigenvalue weighted by atomic mass is 32.2. The Morgan fingerprint density at radius 2 is 1.83 bits per heavy atom. The molecule has 2 aromatic rings. The largest absolute Gasteiger partial charge is 0.508 e. The minimum absolute atomic E-state index is 0.0100. The molecule has 3 N–H and O–H groups in total. The number of β-amino-alcohol motifs (C(OH)–C–C–N with tert-alkyl or cyclic N) is 1. The quantitative estimate of drug-likeness (QED) is 0.676. The Morgan fingerprint density at radius 1 is 1.17 bits per heavy atom. The fourth-order valence-corrected chi connectivity index (χ4v) is 4.09. The van der Waals surface area contributed by atoms with Gasteiger partial charge in [-0.25, -0.2) is 17.3 Å². The fraction of sp³-hybridized carbons (Fsp3) is 0.300. The first kappa shape index (κ1) is 23.4. The summed E-state index contributed by atoms with van der Waals surface area (Å²) in [6.07, 6.45) is -0.646. The van der Waals surface area contributed by atoms with E-state index in [0.717, 1.165) is 18.2 Å². The van der Waals surface area contributed by atoms with E-state index in [1.165, 1.54) is 29.4 Å². The Labute approximate surface area is 174 Å². The van der Waals surface area contributed by atoms with Crippen molar-refractivity contribution >= 4 is 11.0 Å². The van der Waals surface area contributed by atoms with Gasteiger partial charge in [-0.05, 0) is 43.7 Å². The van der Waals surface area contributed by atoms with E-state index >= 15 is 0 Å². The van der Waals surface area contributed by atoms with Crippen LogP contribution in [0.15, 0.2) is 41.3 Å². The van der Waals surface area contributed by atoms with Crippen LogP contribution in [0.25, 0.3) is 0 Å². The summed E-state index contributed by atoms with van der Waals surface area (Å²) in [5.74, 6) is -1.43. The minimum atomic E-state index is -1.67. The van der Waals surface area contributed by atoms with Gasteiger partial charge in [-0.15, -0.1) is 0 Å².